The number of rotatable bonds is 10. The van der Waals surface area contributed by atoms with Crippen LogP contribution in [-0.4, -0.2) is 61.1 Å². The van der Waals surface area contributed by atoms with Crippen LogP contribution in [-0.2, 0) is 25.8 Å². The molecule has 0 spiro atoms. The number of hydrogen-bond donors (Lipinski definition) is 0. The molecule has 5 rings (SSSR count). The molecule has 232 valence electrons. The Balaban J connectivity index is 1.31. The molecule has 0 aliphatic carbocycles. The van der Waals surface area contributed by atoms with Crippen molar-refractivity contribution in [1.29, 1.82) is 0 Å². The summed E-state index contributed by atoms with van der Waals surface area (Å²) < 4.78 is 51.2. The minimum absolute atomic E-state index is 0.146. The summed E-state index contributed by atoms with van der Waals surface area (Å²) in [5.41, 5.74) is 1.96. The Bertz CT molecular complexity index is 1590. The summed E-state index contributed by atoms with van der Waals surface area (Å²) in [6.45, 7) is 3.31. The van der Waals surface area contributed by atoms with E-state index in [0.717, 1.165) is 23.4 Å². The second-order valence-corrected chi connectivity index (χ2v) is 11.7. The monoisotopic (exact) mass is 644 g/mol. The van der Waals surface area contributed by atoms with Gasteiger partial charge in [0.05, 0.1) is 37.0 Å². The predicted octanol–water partition coefficient (Wildman–Crippen LogP) is 7.00. The molecule has 0 radical (unpaired) electrons. The maximum atomic E-state index is 13.4. The predicted molar refractivity (Wildman–Crippen MR) is 166 cm³/mol. The van der Waals surface area contributed by atoms with Gasteiger partial charge in [-0.1, -0.05) is 48.0 Å². The first-order valence-electron chi connectivity index (χ1n) is 14.0. The second-order valence-electron chi connectivity index (χ2n) is 10.4. The number of halogens is 4. The number of carbonyl (C=O) groups excluding carboxylic acids is 1. The van der Waals surface area contributed by atoms with Crippen LogP contribution in [0, 0.1) is 0 Å². The van der Waals surface area contributed by atoms with Gasteiger partial charge in [0.1, 0.15) is 22.2 Å². The van der Waals surface area contributed by atoms with Gasteiger partial charge in [-0.15, -0.1) is 11.3 Å². The van der Waals surface area contributed by atoms with E-state index < -0.39 is 11.7 Å². The van der Waals surface area contributed by atoms with Gasteiger partial charge in [0.15, 0.2) is 0 Å². The summed E-state index contributed by atoms with van der Waals surface area (Å²) in [6, 6.07) is 18.4. The van der Waals surface area contributed by atoms with Crippen molar-refractivity contribution >= 4 is 34.5 Å². The fourth-order valence-corrected chi connectivity index (χ4v) is 6.25. The van der Waals surface area contributed by atoms with Crippen molar-refractivity contribution in [3.63, 3.8) is 0 Å². The third kappa shape index (κ3) is 7.64. The number of benzene rings is 3. The van der Waals surface area contributed by atoms with Gasteiger partial charge < -0.3 is 19.3 Å². The lowest BCUT2D eigenvalue weighted by molar-refractivity contribution is -0.137. The van der Waals surface area contributed by atoms with E-state index in [1.807, 2.05) is 41.3 Å². The van der Waals surface area contributed by atoms with E-state index in [1.165, 1.54) is 17.4 Å². The minimum Gasteiger partial charge on any atom is -0.497 e. The summed E-state index contributed by atoms with van der Waals surface area (Å²) >= 11 is 7.71. The Morgan fingerprint density at radius 1 is 0.955 bits per heavy atom. The number of aromatic nitrogens is 1. The third-order valence-corrected chi connectivity index (χ3v) is 8.59. The van der Waals surface area contributed by atoms with E-state index in [2.05, 4.69) is 9.88 Å². The lowest BCUT2D eigenvalue weighted by atomic mass is 10.1. The van der Waals surface area contributed by atoms with Crippen molar-refractivity contribution in [1.82, 2.24) is 14.8 Å². The lowest BCUT2D eigenvalue weighted by Gasteiger charge is -2.36. The lowest BCUT2D eigenvalue weighted by Crippen LogP contribution is -2.49. The Morgan fingerprint density at radius 2 is 1.73 bits per heavy atom. The summed E-state index contributed by atoms with van der Waals surface area (Å²) in [6.07, 6.45) is -4.44. The van der Waals surface area contributed by atoms with Crippen molar-refractivity contribution in [2.75, 3.05) is 45.3 Å². The molecule has 1 aromatic heterocycles. The number of piperazine rings is 1. The van der Waals surface area contributed by atoms with Crippen molar-refractivity contribution in [2.24, 2.45) is 0 Å². The third-order valence-electron chi connectivity index (χ3n) is 7.44. The van der Waals surface area contributed by atoms with Crippen LogP contribution in [0.2, 0.25) is 5.02 Å². The van der Waals surface area contributed by atoms with Crippen LogP contribution in [0.3, 0.4) is 0 Å². The average molecular weight is 645 g/mol. The molecule has 0 saturated carbocycles. The van der Waals surface area contributed by atoms with E-state index in [0.29, 0.717) is 72.1 Å². The second kappa shape index (κ2) is 13.9. The fourth-order valence-electron chi connectivity index (χ4n) is 5.19. The highest BCUT2D eigenvalue weighted by Gasteiger charge is 2.30. The van der Waals surface area contributed by atoms with E-state index in [1.54, 1.807) is 36.6 Å². The maximum Gasteiger partial charge on any atom is 0.416 e. The van der Waals surface area contributed by atoms with E-state index in [9.17, 15) is 18.0 Å². The Kier molecular flexibility index (Phi) is 9.97. The van der Waals surface area contributed by atoms with Gasteiger partial charge in [0.25, 0.3) is 5.91 Å². The molecular weight excluding hydrogens is 613 g/mol. The van der Waals surface area contributed by atoms with Crippen molar-refractivity contribution < 1.29 is 27.4 Å². The summed E-state index contributed by atoms with van der Waals surface area (Å²) in [5, 5.41) is 3.11. The van der Waals surface area contributed by atoms with Crippen LogP contribution < -0.4 is 14.4 Å². The molecule has 44 heavy (non-hydrogen) atoms. The molecule has 0 atom stereocenters. The molecule has 2 heterocycles. The highest BCUT2D eigenvalue weighted by molar-refractivity contribution is 7.09. The first-order valence-corrected chi connectivity index (χ1v) is 15.2. The van der Waals surface area contributed by atoms with E-state index in [4.69, 9.17) is 21.1 Å². The minimum atomic E-state index is -4.44. The standard InChI is InChI=1S/C32H32ClF3N4O3S/c1-42-25-11-10-23(29(17-25)43-2)19-38(18-22-6-5-7-24(16-22)32(34,35)36)20-30-37-27(21-44-30)31(41)40-14-12-39(13-15-40)28-9-4-3-8-26(28)33/h3-11,16-17,21H,12-15,18-20H2,1-2H3. The maximum absolute atomic E-state index is 13.4. The van der Waals surface area contributed by atoms with Crippen LogP contribution in [0.15, 0.2) is 72.1 Å². The quantitative estimate of drug-likeness (QED) is 0.185. The fraction of sp³-hybridized carbons (Fsp3) is 0.312. The molecule has 4 aromatic rings. The number of alkyl halides is 3. The number of methoxy groups -OCH3 is 2. The molecule has 7 nitrogen and oxygen atoms in total. The summed E-state index contributed by atoms with van der Waals surface area (Å²) in [4.78, 5) is 23.9. The van der Waals surface area contributed by atoms with Crippen LogP contribution in [0.4, 0.5) is 18.9 Å². The zero-order chi connectivity index (χ0) is 31.3. The number of amides is 1. The molecule has 3 aromatic carbocycles. The van der Waals surface area contributed by atoms with E-state index >= 15 is 0 Å². The molecule has 0 N–H and O–H groups in total. The largest absolute Gasteiger partial charge is 0.497 e. The number of anilines is 1. The number of nitrogens with zero attached hydrogens (tertiary/aromatic N) is 4. The number of ether oxygens (including phenoxy) is 2. The van der Waals surface area contributed by atoms with Gasteiger partial charge in [-0.05, 0) is 29.8 Å². The topological polar surface area (TPSA) is 58.1 Å². The Hall–Kier alpha value is -3.80. The smallest absolute Gasteiger partial charge is 0.416 e. The normalized spacial score (nSPS) is 13.8. The van der Waals surface area contributed by atoms with Crippen molar-refractivity contribution in [3.8, 4) is 11.5 Å². The van der Waals surface area contributed by atoms with Crippen molar-refractivity contribution in [2.45, 2.75) is 25.8 Å². The molecule has 12 heteroatoms. The van der Waals surface area contributed by atoms with E-state index in [-0.39, 0.29) is 12.5 Å². The number of carbonyl (C=O) groups is 1. The van der Waals surface area contributed by atoms with Gasteiger partial charge in [0, 0.05) is 56.3 Å². The molecular formula is C32H32ClF3N4O3S. The SMILES string of the molecule is COc1ccc(CN(Cc2cccc(C(F)(F)F)c2)Cc2nc(C(=O)N3CCN(c4ccccc4Cl)CC3)cs2)c(OC)c1. The highest BCUT2D eigenvalue weighted by Crippen LogP contribution is 2.31. The van der Waals surface area contributed by atoms with Gasteiger partial charge in [-0.2, -0.15) is 13.2 Å². The zero-order valence-corrected chi connectivity index (χ0v) is 25.9. The van der Waals surface area contributed by atoms with Gasteiger partial charge in [-0.3, -0.25) is 9.69 Å². The van der Waals surface area contributed by atoms with Crippen LogP contribution in [0.25, 0.3) is 0 Å². The zero-order valence-electron chi connectivity index (χ0n) is 24.3. The molecule has 1 aliphatic rings. The summed E-state index contributed by atoms with van der Waals surface area (Å²) in [7, 11) is 3.12. The van der Waals surface area contributed by atoms with Crippen LogP contribution in [0.5, 0.6) is 11.5 Å². The molecule has 1 fully saturated rings. The molecule has 1 aliphatic heterocycles. The average Bonchev–Trinajstić information content (AvgIpc) is 3.49. The first-order chi connectivity index (χ1) is 21.1. The molecule has 1 amide bonds. The molecule has 1 saturated heterocycles. The summed E-state index contributed by atoms with van der Waals surface area (Å²) in [5.74, 6) is 1.09. The Labute approximate surface area is 263 Å². The number of thiazole rings is 1. The number of para-hydroxylation sites is 1. The van der Waals surface area contributed by atoms with Crippen LogP contribution in [0.1, 0.15) is 32.2 Å². The molecule has 0 unspecified atom stereocenters. The van der Waals surface area contributed by atoms with Gasteiger partial charge in [-0.25, -0.2) is 4.98 Å². The molecule has 0 bridgehead atoms. The van der Waals surface area contributed by atoms with Gasteiger partial charge in [0.2, 0.25) is 0 Å². The van der Waals surface area contributed by atoms with Crippen LogP contribution >= 0.6 is 22.9 Å². The first kappa shape index (κ1) is 31.6. The van der Waals surface area contributed by atoms with Crippen molar-refractivity contribution in [3.05, 3.63) is 105 Å². The highest BCUT2D eigenvalue weighted by atomic mass is 35.5. The Morgan fingerprint density at radius 3 is 2.43 bits per heavy atom. The number of hydrogen-bond acceptors (Lipinski definition) is 7. The van der Waals surface area contributed by atoms with Gasteiger partial charge >= 0.3 is 6.18 Å².